The van der Waals surface area contributed by atoms with Gasteiger partial charge in [-0.2, -0.15) is 18.4 Å². The van der Waals surface area contributed by atoms with Crippen LogP contribution in [-0.4, -0.2) is 36.9 Å². The van der Waals surface area contributed by atoms with Crippen molar-refractivity contribution >= 4 is 17.5 Å². The first-order valence-electron chi connectivity index (χ1n) is 9.17. The van der Waals surface area contributed by atoms with E-state index in [1.807, 2.05) is 0 Å². The topological polar surface area (TPSA) is 91.7 Å². The summed E-state index contributed by atoms with van der Waals surface area (Å²) in [5, 5.41) is 11.6. The number of halogens is 3. The summed E-state index contributed by atoms with van der Waals surface area (Å²) in [4.78, 5) is 25.6. The van der Waals surface area contributed by atoms with Crippen molar-refractivity contribution in [1.82, 2.24) is 4.90 Å². The zero-order valence-corrected chi connectivity index (χ0v) is 16.6. The van der Waals surface area contributed by atoms with Crippen LogP contribution in [0, 0.1) is 11.3 Å². The molecule has 3 rings (SSSR count). The van der Waals surface area contributed by atoms with Crippen molar-refractivity contribution in [2.45, 2.75) is 25.1 Å². The van der Waals surface area contributed by atoms with E-state index >= 15 is 0 Å². The Morgan fingerprint density at radius 3 is 2.48 bits per heavy atom. The van der Waals surface area contributed by atoms with Gasteiger partial charge in [0.05, 0.1) is 30.0 Å². The summed E-state index contributed by atoms with van der Waals surface area (Å²) in [6.07, 6.45) is -4.06. The van der Waals surface area contributed by atoms with Gasteiger partial charge in [-0.1, -0.05) is 0 Å². The summed E-state index contributed by atoms with van der Waals surface area (Å²) in [6.45, 7) is 0. The zero-order valence-electron chi connectivity index (χ0n) is 16.6. The molecule has 0 aliphatic carbocycles. The van der Waals surface area contributed by atoms with Crippen molar-refractivity contribution in [2.75, 3.05) is 19.5 Å². The van der Waals surface area contributed by atoms with Crippen molar-refractivity contribution in [3.8, 4) is 23.3 Å². The number of benzene rings is 2. The molecule has 2 amide bonds. The van der Waals surface area contributed by atoms with Crippen LogP contribution >= 0.6 is 0 Å². The number of ether oxygens (including phenoxy) is 2. The van der Waals surface area contributed by atoms with Crippen LogP contribution in [0.25, 0.3) is 0 Å². The number of carbonyl (C=O) groups excluding carboxylic acids is 2. The van der Waals surface area contributed by atoms with Gasteiger partial charge in [0.15, 0.2) is 0 Å². The summed E-state index contributed by atoms with van der Waals surface area (Å²) < 4.78 is 50.2. The Morgan fingerprint density at radius 2 is 1.90 bits per heavy atom. The molecule has 1 saturated heterocycles. The Labute approximate surface area is 176 Å². The first kappa shape index (κ1) is 22.0. The van der Waals surface area contributed by atoms with Crippen LogP contribution in [0.15, 0.2) is 36.4 Å². The molecule has 1 atom stereocenters. The second-order valence-electron chi connectivity index (χ2n) is 6.83. The maximum Gasteiger partial charge on any atom is 0.417 e. The molecule has 1 fully saturated rings. The smallest absolute Gasteiger partial charge is 0.417 e. The van der Waals surface area contributed by atoms with E-state index < -0.39 is 29.3 Å². The van der Waals surface area contributed by atoms with Crippen molar-refractivity contribution in [2.24, 2.45) is 0 Å². The number of rotatable bonds is 5. The Balaban J connectivity index is 1.85. The SMILES string of the molecule is COc1ccc(Oc2ccc(C#N)c(C(F)(F)F)c2)cc1NC(=O)C1CCC(=O)N1C. The van der Waals surface area contributed by atoms with E-state index in [2.05, 4.69) is 5.32 Å². The third-order valence-corrected chi connectivity index (χ3v) is 4.88. The number of anilines is 1. The Kier molecular flexibility index (Phi) is 6.06. The lowest BCUT2D eigenvalue weighted by Gasteiger charge is -2.20. The molecule has 31 heavy (non-hydrogen) atoms. The monoisotopic (exact) mass is 433 g/mol. The molecule has 162 valence electrons. The van der Waals surface area contributed by atoms with Crippen LogP contribution in [-0.2, 0) is 15.8 Å². The number of hydrogen-bond donors (Lipinski definition) is 1. The fourth-order valence-corrected chi connectivity index (χ4v) is 3.23. The van der Waals surface area contributed by atoms with Gasteiger partial charge in [0.1, 0.15) is 23.3 Å². The van der Waals surface area contributed by atoms with Gasteiger partial charge in [0, 0.05) is 19.5 Å². The number of nitrogens with zero attached hydrogens (tertiary/aromatic N) is 2. The van der Waals surface area contributed by atoms with E-state index in [9.17, 15) is 22.8 Å². The molecule has 1 aliphatic heterocycles. The molecule has 10 heteroatoms. The van der Waals surface area contributed by atoms with Gasteiger partial charge in [0.2, 0.25) is 11.8 Å². The Morgan fingerprint density at radius 1 is 1.23 bits per heavy atom. The normalized spacial score (nSPS) is 16.1. The lowest BCUT2D eigenvalue weighted by Crippen LogP contribution is -2.38. The van der Waals surface area contributed by atoms with Crippen LogP contribution in [0.2, 0.25) is 0 Å². The molecule has 0 spiro atoms. The zero-order chi connectivity index (χ0) is 22.8. The average molecular weight is 433 g/mol. The summed E-state index contributed by atoms with van der Waals surface area (Å²) in [6, 6.07) is 8.24. The van der Waals surface area contributed by atoms with Gasteiger partial charge in [-0.3, -0.25) is 9.59 Å². The highest BCUT2D eigenvalue weighted by Crippen LogP contribution is 2.37. The molecule has 1 heterocycles. The van der Waals surface area contributed by atoms with Crippen LogP contribution in [0.1, 0.15) is 24.0 Å². The standard InChI is InChI=1S/C21H18F3N3O4/c1-27-17(6-8-19(27)28)20(29)26-16-10-14(5-7-18(16)30-2)31-13-4-3-12(11-25)15(9-13)21(22,23)24/h3-5,7,9-10,17H,6,8H2,1-2H3,(H,26,29). The van der Waals surface area contributed by atoms with E-state index in [1.54, 1.807) is 7.05 Å². The number of alkyl halides is 3. The molecule has 1 unspecified atom stereocenters. The lowest BCUT2D eigenvalue weighted by atomic mass is 10.1. The quantitative estimate of drug-likeness (QED) is 0.771. The maximum absolute atomic E-state index is 13.2. The van der Waals surface area contributed by atoms with Gasteiger partial charge in [-0.25, -0.2) is 0 Å². The van der Waals surface area contributed by atoms with E-state index in [0.717, 1.165) is 12.1 Å². The molecular formula is C21H18F3N3O4. The first-order valence-corrected chi connectivity index (χ1v) is 9.17. The highest BCUT2D eigenvalue weighted by Gasteiger charge is 2.35. The predicted molar refractivity (Wildman–Crippen MR) is 104 cm³/mol. The summed E-state index contributed by atoms with van der Waals surface area (Å²) >= 11 is 0. The number of likely N-dealkylation sites (tertiary alicyclic amines) is 1. The molecule has 0 bridgehead atoms. The van der Waals surface area contributed by atoms with Crippen molar-refractivity contribution in [3.63, 3.8) is 0 Å². The molecule has 1 aliphatic rings. The van der Waals surface area contributed by atoms with Crippen LogP contribution in [0.5, 0.6) is 17.2 Å². The average Bonchev–Trinajstić information content (AvgIpc) is 3.06. The number of nitriles is 1. The Bertz CT molecular complexity index is 1060. The summed E-state index contributed by atoms with van der Waals surface area (Å²) in [7, 11) is 2.94. The van der Waals surface area contributed by atoms with Crippen molar-refractivity contribution in [3.05, 3.63) is 47.5 Å². The van der Waals surface area contributed by atoms with Crippen LogP contribution < -0.4 is 14.8 Å². The first-order chi connectivity index (χ1) is 14.6. The second-order valence-corrected chi connectivity index (χ2v) is 6.83. The van der Waals surface area contributed by atoms with Crippen LogP contribution in [0.3, 0.4) is 0 Å². The Hall–Kier alpha value is -3.74. The molecule has 0 radical (unpaired) electrons. The minimum atomic E-state index is -4.71. The lowest BCUT2D eigenvalue weighted by molar-refractivity contribution is -0.137. The highest BCUT2D eigenvalue weighted by atomic mass is 19.4. The molecule has 1 N–H and O–H groups in total. The van der Waals surface area contributed by atoms with Crippen molar-refractivity contribution < 1.29 is 32.2 Å². The molecule has 0 saturated carbocycles. The predicted octanol–water partition coefficient (Wildman–Crippen LogP) is 3.94. The second kappa shape index (κ2) is 8.55. The molecule has 0 aromatic heterocycles. The molecule has 2 aromatic rings. The fraction of sp³-hybridized carbons (Fsp3) is 0.286. The minimum absolute atomic E-state index is 0.130. The number of methoxy groups -OCH3 is 1. The van der Waals surface area contributed by atoms with Gasteiger partial charge in [-0.05, 0) is 36.8 Å². The highest BCUT2D eigenvalue weighted by molar-refractivity contribution is 5.99. The van der Waals surface area contributed by atoms with E-state index in [0.29, 0.717) is 12.2 Å². The van der Waals surface area contributed by atoms with Gasteiger partial charge in [0.25, 0.3) is 0 Å². The molecule has 2 aromatic carbocycles. The number of carbonyl (C=O) groups is 2. The third-order valence-electron chi connectivity index (χ3n) is 4.88. The summed E-state index contributed by atoms with van der Waals surface area (Å²) in [5.74, 6) is -0.227. The number of nitrogens with one attached hydrogen (secondary N) is 1. The number of hydrogen-bond acceptors (Lipinski definition) is 5. The fourth-order valence-electron chi connectivity index (χ4n) is 3.23. The van der Waals surface area contributed by atoms with E-state index in [-0.39, 0.29) is 29.5 Å². The van der Waals surface area contributed by atoms with Gasteiger partial charge >= 0.3 is 6.18 Å². The van der Waals surface area contributed by atoms with Crippen LogP contribution in [0.4, 0.5) is 18.9 Å². The molecular weight excluding hydrogens is 415 g/mol. The minimum Gasteiger partial charge on any atom is -0.495 e. The van der Waals surface area contributed by atoms with E-state index in [1.165, 1.54) is 42.3 Å². The molecule has 7 nitrogen and oxygen atoms in total. The third kappa shape index (κ3) is 4.71. The van der Waals surface area contributed by atoms with E-state index in [4.69, 9.17) is 14.7 Å². The van der Waals surface area contributed by atoms with Gasteiger partial charge in [-0.15, -0.1) is 0 Å². The maximum atomic E-state index is 13.2. The van der Waals surface area contributed by atoms with Gasteiger partial charge < -0.3 is 19.7 Å². The number of amides is 2. The number of likely N-dealkylation sites (N-methyl/N-ethyl adjacent to an activating group) is 1. The van der Waals surface area contributed by atoms with Crippen molar-refractivity contribution in [1.29, 1.82) is 5.26 Å². The summed E-state index contributed by atoms with van der Waals surface area (Å²) in [5.41, 5.74) is -1.39. The largest absolute Gasteiger partial charge is 0.495 e.